The number of aryl methyl sites for hydroxylation is 1. The predicted molar refractivity (Wildman–Crippen MR) is 150 cm³/mol. The quantitative estimate of drug-likeness (QED) is 0.381. The Labute approximate surface area is 226 Å². The van der Waals surface area contributed by atoms with E-state index in [4.69, 9.17) is 14.6 Å². The van der Waals surface area contributed by atoms with Gasteiger partial charge in [0.1, 0.15) is 0 Å². The second kappa shape index (κ2) is 11.7. The average molecular weight is 541 g/mol. The molecule has 0 aliphatic carbocycles. The minimum atomic E-state index is -3.80. The van der Waals surface area contributed by atoms with Gasteiger partial charge in [-0.25, -0.2) is 13.1 Å². The molecule has 1 aromatic heterocycles. The highest BCUT2D eigenvalue weighted by atomic mass is 32.2. The van der Waals surface area contributed by atoms with E-state index >= 15 is 0 Å². The maximum Gasteiger partial charge on any atom is 0.264 e. The molecule has 0 radical (unpaired) electrons. The highest BCUT2D eigenvalue weighted by Crippen LogP contribution is 2.32. The van der Waals surface area contributed by atoms with Gasteiger partial charge >= 0.3 is 0 Å². The summed E-state index contributed by atoms with van der Waals surface area (Å²) in [5.74, 6) is 0.167. The number of sulfonamides is 1. The molecular weight excluding hydrogens is 500 g/mol. The summed E-state index contributed by atoms with van der Waals surface area (Å²) >= 11 is 0. The van der Waals surface area contributed by atoms with Gasteiger partial charge < -0.3 is 9.47 Å². The van der Waals surface area contributed by atoms with E-state index in [0.717, 1.165) is 68.6 Å². The van der Waals surface area contributed by atoms with Crippen LogP contribution in [0.4, 0.5) is 5.69 Å². The summed E-state index contributed by atoms with van der Waals surface area (Å²) in [6, 6.07) is 13.3. The lowest BCUT2D eigenvalue weighted by molar-refractivity contribution is -0.0371. The number of hydrogen-bond donors (Lipinski definition) is 0. The van der Waals surface area contributed by atoms with Crippen LogP contribution in [0.5, 0.6) is 0 Å². The first kappa shape index (κ1) is 27.1. The smallest absolute Gasteiger partial charge is 0.264 e. The molecule has 5 rings (SSSR count). The highest BCUT2D eigenvalue weighted by molar-refractivity contribution is 7.92. The third kappa shape index (κ3) is 5.76. The van der Waals surface area contributed by atoms with Gasteiger partial charge in [-0.15, -0.1) is 0 Å². The standard InChI is InChI=1S/C29H40N4O4S/c1-4-23-8-10-24(11-9-23)32(20-22(2)3)38(34,35)25-12-13-26-27(21-31-14-17-36-18-15-31)30-33(28(26)19-25)29-7-5-6-16-37-29/h8-13,19,22,29H,4-7,14-18,20-21H2,1-3H3. The molecule has 9 heteroatoms. The van der Waals surface area contributed by atoms with Crippen molar-refractivity contribution in [2.45, 2.75) is 64.1 Å². The van der Waals surface area contributed by atoms with Crippen LogP contribution in [0.2, 0.25) is 0 Å². The Balaban J connectivity index is 1.56. The van der Waals surface area contributed by atoms with Crippen molar-refractivity contribution in [1.29, 1.82) is 0 Å². The molecule has 8 nitrogen and oxygen atoms in total. The SMILES string of the molecule is CCc1ccc(N(CC(C)C)S(=O)(=O)c2ccc3c(CN4CCOCC4)nn(C4CCCCO4)c3c2)cc1. The van der Waals surface area contributed by atoms with Crippen LogP contribution in [0.25, 0.3) is 10.9 Å². The van der Waals surface area contributed by atoms with E-state index in [1.807, 2.05) is 48.9 Å². The second-order valence-corrected chi connectivity index (χ2v) is 12.6. The first-order chi connectivity index (χ1) is 18.4. The van der Waals surface area contributed by atoms with Crippen molar-refractivity contribution < 1.29 is 17.9 Å². The van der Waals surface area contributed by atoms with Gasteiger partial charge in [0.2, 0.25) is 0 Å². The van der Waals surface area contributed by atoms with Gasteiger partial charge in [-0.3, -0.25) is 9.21 Å². The Hall–Kier alpha value is -2.46. The molecule has 206 valence electrons. The average Bonchev–Trinajstić information content (AvgIpc) is 3.30. The van der Waals surface area contributed by atoms with Gasteiger partial charge in [0, 0.05) is 38.2 Å². The van der Waals surface area contributed by atoms with Crippen molar-refractivity contribution in [3.05, 3.63) is 53.7 Å². The Morgan fingerprint density at radius 3 is 2.47 bits per heavy atom. The molecule has 0 bridgehead atoms. The van der Waals surface area contributed by atoms with E-state index in [9.17, 15) is 8.42 Å². The van der Waals surface area contributed by atoms with Crippen LogP contribution in [0.15, 0.2) is 47.4 Å². The van der Waals surface area contributed by atoms with Gasteiger partial charge in [0.15, 0.2) is 6.23 Å². The minimum Gasteiger partial charge on any atom is -0.379 e. The van der Waals surface area contributed by atoms with Crippen molar-refractivity contribution in [3.63, 3.8) is 0 Å². The molecule has 2 aliphatic heterocycles. The van der Waals surface area contributed by atoms with Gasteiger partial charge in [-0.1, -0.05) is 32.9 Å². The molecule has 38 heavy (non-hydrogen) atoms. The third-order valence-electron chi connectivity index (χ3n) is 7.41. The lowest BCUT2D eigenvalue weighted by Gasteiger charge is -2.27. The maximum absolute atomic E-state index is 14.1. The molecular formula is C29H40N4O4S. The first-order valence-corrected chi connectivity index (χ1v) is 15.4. The molecule has 2 aromatic carbocycles. The third-order valence-corrected chi connectivity index (χ3v) is 9.20. The molecule has 0 spiro atoms. The molecule has 0 amide bonds. The Morgan fingerprint density at radius 2 is 1.82 bits per heavy atom. The van der Waals surface area contributed by atoms with Crippen LogP contribution >= 0.6 is 0 Å². The molecule has 2 fully saturated rings. The lowest BCUT2D eigenvalue weighted by atomic mass is 10.1. The van der Waals surface area contributed by atoms with E-state index in [2.05, 4.69) is 11.8 Å². The van der Waals surface area contributed by atoms with Crippen molar-refractivity contribution in [1.82, 2.24) is 14.7 Å². The van der Waals surface area contributed by atoms with Crippen LogP contribution in [0.1, 0.15) is 57.5 Å². The topological polar surface area (TPSA) is 76.9 Å². The molecule has 3 heterocycles. The van der Waals surface area contributed by atoms with E-state index in [0.29, 0.717) is 25.4 Å². The molecule has 0 N–H and O–H groups in total. The fourth-order valence-electron chi connectivity index (χ4n) is 5.27. The zero-order valence-electron chi connectivity index (χ0n) is 22.8. The Bertz CT molecular complexity index is 1320. The van der Waals surface area contributed by atoms with Crippen molar-refractivity contribution in [2.75, 3.05) is 43.8 Å². The zero-order chi connectivity index (χ0) is 26.7. The Morgan fingerprint density at radius 1 is 1.05 bits per heavy atom. The predicted octanol–water partition coefficient (Wildman–Crippen LogP) is 4.98. The van der Waals surface area contributed by atoms with E-state index in [1.54, 1.807) is 16.4 Å². The number of morpholine rings is 1. The van der Waals surface area contributed by atoms with Crippen LogP contribution < -0.4 is 4.31 Å². The van der Waals surface area contributed by atoms with Gasteiger partial charge in [0.25, 0.3) is 10.0 Å². The van der Waals surface area contributed by atoms with Gasteiger partial charge in [0.05, 0.1) is 35.0 Å². The fraction of sp³-hybridized carbons (Fsp3) is 0.552. The summed E-state index contributed by atoms with van der Waals surface area (Å²) in [4.78, 5) is 2.62. The molecule has 3 aromatic rings. The number of aromatic nitrogens is 2. The number of rotatable bonds is 9. The number of fused-ring (bicyclic) bond motifs is 1. The van der Waals surface area contributed by atoms with Gasteiger partial charge in [-0.05, 0) is 67.5 Å². The summed E-state index contributed by atoms with van der Waals surface area (Å²) in [5, 5.41) is 5.98. The van der Waals surface area contributed by atoms with Crippen molar-refractivity contribution in [3.8, 4) is 0 Å². The number of hydrogen-bond acceptors (Lipinski definition) is 6. The van der Waals surface area contributed by atoms with Gasteiger partial charge in [-0.2, -0.15) is 5.10 Å². The minimum absolute atomic E-state index is 0.167. The molecule has 0 saturated carbocycles. The maximum atomic E-state index is 14.1. The summed E-state index contributed by atoms with van der Waals surface area (Å²) in [6.45, 7) is 11.1. The van der Waals surface area contributed by atoms with Crippen molar-refractivity contribution in [2.24, 2.45) is 5.92 Å². The van der Waals surface area contributed by atoms with Crippen molar-refractivity contribution >= 4 is 26.6 Å². The van der Waals surface area contributed by atoms with E-state index < -0.39 is 10.0 Å². The number of ether oxygens (including phenoxy) is 2. The monoisotopic (exact) mass is 540 g/mol. The summed E-state index contributed by atoms with van der Waals surface area (Å²) in [5.41, 5.74) is 3.63. The largest absolute Gasteiger partial charge is 0.379 e. The van der Waals surface area contributed by atoms with E-state index in [1.165, 1.54) is 5.56 Å². The fourth-order valence-corrected chi connectivity index (χ4v) is 6.92. The zero-order valence-corrected chi connectivity index (χ0v) is 23.6. The number of anilines is 1. The van der Waals surface area contributed by atoms with E-state index in [-0.39, 0.29) is 17.0 Å². The summed E-state index contributed by atoms with van der Waals surface area (Å²) in [6.07, 6.45) is 3.70. The summed E-state index contributed by atoms with van der Waals surface area (Å²) in [7, 11) is -3.80. The Kier molecular flexibility index (Phi) is 8.38. The lowest BCUT2D eigenvalue weighted by Crippen LogP contribution is -2.35. The molecule has 1 unspecified atom stereocenters. The number of benzene rings is 2. The normalized spacial score (nSPS) is 19.3. The summed E-state index contributed by atoms with van der Waals surface area (Å²) < 4.78 is 43.3. The molecule has 1 atom stereocenters. The van der Waals surface area contributed by atoms with Crippen LogP contribution in [0.3, 0.4) is 0 Å². The molecule has 2 saturated heterocycles. The van der Waals surface area contributed by atoms with Crippen LogP contribution in [0, 0.1) is 5.92 Å². The first-order valence-electron chi connectivity index (χ1n) is 13.9. The van der Waals surface area contributed by atoms with Crippen LogP contribution in [-0.4, -0.2) is 62.6 Å². The van der Waals surface area contributed by atoms with Crippen LogP contribution in [-0.2, 0) is 32.5 Å². The second-order valence-electron chi connectivity index (χ2n) is 10.7. The molecule has 2 aliphatic rings. The highest BCUT2D eigenvalue weighted by Gasteiger charge is 2.29. The number of nitrogens with zero attached hydrogens (tertiary/aromatic N) is 4.